The molecule has 20 heavy (non-hydrogen) atoms. The normalized spacial score (nSPS) is 10.8. The van der Waals surface area contributed by atoms with Crippen molar-refractivity contribution in [2.75, 3.05) is 19.0 Å². The van der Waals surface area contributed by atoms with E-state index in [1.807, 2.05) is 7.05 Å². The van der Waals surface area contributed by atoms with Crippen molar-refractivity contribution in [3.05, 3.63) is 46.5 Å². The molecule has 0 saturated heterocycles. The van der Waals surface area contributed by atoms with Crippen LogP contribution in [0, 0.1) is 0 Å². The maximum atomic E-state index is 4.82. The molecule has 2 aromatic rings. The Morgan fingerprint density at radius 2 is 2.00 bits per heavy atom. The Balaban J connectivity index is 2.13. The highest BCUT2D eigenvalue weighted by Gasteiger charge is 2.13. The van der Waals surface area contributed by atoms with E-state index in [9.17, 15) is 0 Å². The first kappa shape index (κ1) is 15.0. The van der Waals surface area contributed by atoms with Gasteiger partial charge in [-0.3, -0.25) is 0 Å². The predicted molar refractivity (Wildman–Crippen MR) is 87.4 cm³/mol. The number of hydrogen-bond donors (Lipinski definition) is 1. The lowest BCUT2D eigenvalue weighted by Gasteiger charge is -2.15. The van der Waals surface area contributed by atoms with E-state index in [1.165, 1.54) is 16.1 Å². The van der Waals surface area contributed by atoms with E-state index in [-0.39, 0.29) is 0 Å². The van der Waals surface area contributed by atoms with Crippen molar-refractivity contribution >= 4 is 16.5 Å². The molecule has 0 atom stereocenters. The Kier molecular flexibility index (Phi) is 5.56. The van der Waals surface area contributed by atoms with Crippen LogP contribution in [0.3, 0.4) is 0 Å². The van der Waals surface area contributed by atoms with Gasteiger partial charge in [-0.05, 0) is 19.0 Å². The molecular weight excluding hydrogens is 266 g/mol. The lowest BCUT2D eigenvalue weighted by molar-refractivity contribution is 0.796. The number of thiazole rings is 1. The monoisotopic (exact) mass is 289 g/mol. The molecule has 0 aliphatic carbocycles. The third-order valence-electron chi connectivity index (χ3n) is 3.18. The molecular formula is C16H23N3S. The lowest BCUT2D eigenvalue weighted by Crippen LogP contribution is -2.16. The molecule has 1 N–H and O–H groups in total. The second-order valence-electron chi connectivity index (χ2n) is 4.99. The van der Waals surface area contributed by atoms with E-state index >= 15 is 0 Å². The van der Waals surface area contributed by atoms with E-state index < -0.39 is 0 Å². The minimum Gasteiger partial charge on any atom is -0.347 e. The van der Waals surface area contributed by atoms with Crippen molar-refractivity contribution in [3.8, 4) is 0 Å². The van der Waals surface area contributed by atoms with Crippen molar-refractivity contribution in [1.29, 1.82) is 0 Å². The van der Waals surface area contributed by atoms with Gasteiger partial charge >= 0.3 is 0 Å². The Morgan fingerprint density at radius 1 is 1.25 bits per heavy atom. The fraction of sp³-hybridized carbons (Fsp3) is 0.438. The summed E-state index contributed by atoms with van der Waals surface area (Å²) in [5, 5.41) is 4.35. The number of aryl methyl sites for hydroxylation is 1. The summed E-state index contributed by atoms with van der Waals surface area (Å²) < 4.78 is 0. The summed E-state index contributed by atoms with van der Waals surface area (Å²) in [7, 11) is 4.10. The van der Waals surface area contributed by atoms with E-state index in [2.05, 4.69) is 54.5 Å². The fourth-order valence-corrected chi connectivity index (χ4v) is 3.27. The second kappa shape index (κ2) is 7.41. The summed E-state index contributed by atoms with van der Waals surface area (Å²) in [6.45, 7) is 4.01. The summed E-state index contributed by atoms with van der Waals surface area (Å²) in [5.41, 5.74) is 2.57. The molecule has 0 unspecified atom stereocenters. The highest BCUT2D eigenvalue weighted by molar-refractivity contribution is 7.15. The molecule has 4 heteroatoms. The highest BCUT2D eigenvalue weighted by atomic mass is 32.1. The molecule has 0 fully saturated rings. The largest absolute Gasteiger partial charge is 0.347 e. The average molecular weight is 289 g/mol. The van der Waals surface area contributed by atoms with Crippen LogP contribution < -0.4 is 10.2 Å². The standard InChI is InChI=1S/C16H23N3S/c1-4-8-14-15(11-17-2)20-16(18-14)19(3)12-13-9-6-5-7-10-13/h5-7,9-10,17H,4,8,11-12H2,1-3H3. The van der Waals surface area contributed by atoms with Gasteiger partial charge in [0.25, 0.3) is 0 Å². The first-order valence-electron chi connectivity index (χ1n) is 7.12. The van der Waals surface area contributed by atoms with Gasteiger partial charge in [0, 0.05) is 25.0 Å². The molecule has 0 amide bonds. The van der Waals surface area contributed by atoms with Gasteiger partial charge in [-0.15, -0.1) is 11.3 Å². The van der Waals surface area contributed by atoms with Gasteiger partial charge in [0.1, 0.15) is 0 Å². The minimum absolute atomic E-state index is 0.902. The van der Waals surface area contributed by atoms with Gasteiger partial charge in [0.2, 0.25) is 0 Å². The zero-order valence-electron chi connectivity index (χ0n) is 12.5. The number of hydrogen-bond acceptors (Lipinski definition) is 4. The highest BCUT2D eigenvalue weighted by Crippen LogP contribution is 2.27. The van der Waals surface area contributed by atoms with Gasteiger partial charge in [0.15, 0.2) is 5.13 Å². The van der Waals surface area contributed by atoms with Gasteiger partial charge in [-0.1, -0.05) is 43.7 Å². The Bertz CT molecular complexity index is 498. The zero-order valence-corrected chi connectivity index (χ0v) is 13.3. The Labute approximate surface area is 125 Å². The number of anilines is 1. The van der Waals surface area contributed by atoms with E-state index in [4.69, 9.17) is 4.98 Å². The van der Waals surface area contributed by atoms with Gasteiger partial charge < -0.3 is 10.2 Å². The Hall–Kier alpha value is -1.39. The number of nitrogens with one attached hydrogen (secondary N) is 1. The summed E-state index contributed by atoms with van der Waals surface area (Å²) >= 11 is 1.80. The van der Waals surface area contributed by atoms with Crippen molar-refractivity contribution in [3.63, 3.8) is 0 Å². The summed E-state index contributed by atoms with van der Waals surface area (Å²) in [6.07, 6.45) is 2.20. The third kappa shape index (κ3) is 3.81. The number of aromatic nitrogens is 1. The first-order valence-corrected chi connectivity index (χ1v) is 7.94. The Morgan fingerprint density at radius 3 is 2.65 bits per heavy atom. The van der Waals surface area contributed by atoms with Crippen molar-refractivity contribution < 1.29 is 0 Å². The minimum atomic E-state index is 0.902. The van der Waals surface area contributed by atoms with Crippen LogP contribution in [0.2, 0.25) is 0 Å². The summed E-state index contributed by atoms with van der Waals surface area (Å²) in [5.74, 6) is 0. The SMILES string of the molecule is CCCc1nc(N(C)Cc2ccccc2)sc1CNC. The summed E-state index contributed by atoms with van der Waals surface area (Å²) in [4.78, 5) is 8.42. The van der Waals surface area contributed by atoms with Crippen LogP contribution in [0.5, 0.6) is 0 Å². The quantitative estimate of drug-likeness (QED) is 0.846. The van der Waals surface area contributed by atoms with E-state index in [1.54, 1.807) is 11.3 Å². The van der Waals surface area contributed by atoms with Crippen molar-refractivity contribution in [1.82, 2.24) is 10.3 Å². The molecule has 2 rings (SSSR count). The van der Waals surface area contributed by atoms with Gasteiger partial charge in [-0.2, -0.15) is 0 Å². The van der Waals surface area contributed by atoms with Crippen LogP contribution in [0.25, 0.3) is 0 Å². The second-order valence-corrected chi connectivity index (χ2v) is 6.05. The van der Waals surface area contributed by atoms with Crippen LogP contribution in [0.4, 0.5) is 5.13 Å². The number of benzene rings is 1. The van der Waals surface area contributed by atoms with Crippen LogP contribution in [0.15, 0.2) is 30.3 Å². The fourth-order valence-electron chi connectivity index (χ4n) is 2.19. The summed E-state index contributed by atoms with van der Waals surface area (Å²) in [6, 6.07) is 10.5. The molecule has 0 aliphatic rings. The van der Waals surface area contributed by atoms with Crippen LogP contribution >= 0.6 is 11.3 Å². The molecule has 0 saturated carbocycles. The molecule has 0 spiro atoms. The molecule has 0 aliphatic heterocycles. The lowest BCUT2D eigenvalue weighted by atomic mass is 10.2. The van der Waals surface area contributed by atoms with Crippen LogP contribution in [0.1, 0.15) is 29.5 Å². The van der Waals surface area contributed by atoms with Gasteiger partial charge in [0.05, 0.1) is 5.69 Å². The van der Waals surface area contributed by atoms with Gasteiger partial charge in [-0.25, -0.2) is 4.98 Å². The zero-order chi connectivity index (χ0) is 14.4. The van der Waals surface area contributed by atoms with E-state index in [0.29, 0.717) is 0 Å². The number of nitrogens with zero attached hydrogens (tertiary/aromatic N) is 2. The first-order chi connectivity index (χ1) is 9.74. The van der Waals surface area contributed by atoms with E-state index in [0.717, 1.165) is 31.1 Å². The third-order valence-corrected chi connectivity index (χ3v) is 4.39. The molecule has 0 radical (unpaired) electrons. The van der Waals surface area contributed by atoms with Crippen LogP contribution in [-0.2, 0) is 19.5 Å². The van der Waals surface area contributed by atoms with Crippen molar-refractivity contribution in [2.24, 2.45) is 0 Å². The molecule has 108 valence electrons. The maximum absolute atomic E-state index is 4.82. The predicted octanol–water partition coefficient (Wildman–Crippen LogP) is 3.45. The molecule has 1 heterocycles. The molecule has 0 bridgehead atoms. The maximum Gasteiger partial charge on any atom is 0.185 e. The molecule has 1 aromatic heterocycles. The average Bonchev–Trinajstić information content (AvgIpc) is 2.84. The topological polar surface area (TPSA) is 28.2 Å². The number of rotatable bonds is 7. The molecule has 3 nitrogen and oxygen atoms in total. The van der Waals surface area contributed by atoms with Crippen molar-refractivity contribution in [2.45, 2.75) is 32.9 Å². The van der Waals surface area contributed by atoms with Crippen LogP contribution in [-0.4, -0.2) is 19.1 Å². The smallest absolute Gasteiger partial charge is 0.185 e. The molecule has 1 aromatic carbocycles.